The molecule has 0 spiro atoms. The van der Waals surface area contributed by atoms with Crippen LogP contribution in [0.1, 0.15) is 36.7 Å². The molecule has 1 N–H and O–H groups in total. The lowest BCUT2D eigenvalue weighted by molar-refractivity contribution is 0.698. The van der Waals surface area contributed by atoms with E-state index >= 15 is 0 Å². The Morgan fingerprint density at radius 2 is 1.84 bits per heavy atom. The van der Waals surface area contributed by atoms with Gasteiger partial charge in [-0.3, -0.25) is 4.68 Å². The molecule has 0 atom stereocenters. The van der Waals surface area contributed by atoms with Crippen LogP contribution in [-0.2, 0) is 13.6 Å². The first-order valence-corrected chi connectivity index (χ1v) is 6.82. The van der Waals surface area contributed by atoms with E-state index < -0.39 is 0 Å². The van der Waals surface area contributed by atoms with Gasteiger partial charge in [0.1, 0.15) is 0 Å². The standard InChI is InChI=1S/C16H23N3/c1-11(2)13-6-8-14(9-7-13)16-12(3)19(5)18-15(16)10-17-4/h6-9,11,17H,10H2,1-5H3. The molecule has 102 valence electrons. The van der Waals surface area contributed by atoms with Gasteiger partial charge >= 0.3 is 0 Å². The lowest BCUT2D eigenvalue weighted by Crippen LogP contribution is -2.07. The van der Waals surface area contributed by atoms with Gasteiger partial charge in [0.25, 0.3) is 0 Å². The Morgan fingerprint density at radius 3 is 2.37 bits per heavy atom. The molecule has 0 bridgehead atoms. The van der Waals surface area contributed by atoms with Gasteiger partial charge in [0.2, 0.25) is 0 Å². The van der Waals surface area contributed by atoms with Gasteiger partial charge in [0.05, 0.1) is 5.69 Å². The molecule has 1 aromatic heterocycles. The van der Waals surface area contributed by atoms with Crippen molar-refractivity contribution < 1.29 is 0 Å². The summed E-state index contributed by atoms with van der Waals surface area (Å²) in [5, 5.41) is 7.78. The second-order valence-corrected chi connectivity index (χ2v) is 5.34. The van der Waals surface area contributed by atoms with Gasteiger partial charge in [-0.05, 0) is 31.0 Å². The zero-order valence-corrected chi connectivity index (χ0v) is 12.5. The summed E-state index contributed by atoms with van der Waals surface area (Å²) in [6.45, 7) is 7.36. The van der Waals surface area contributed by atoms with E-state index in [1.807, 2.05) is 18.8 Å². The van der Waals surface area contributed by atoms with E-state index in [1.54, 1.807) is 0 Å². The van der Waals surface area contributed by atoms with Crippen LogP contribution in [-0.4, -0.2) is 16.8 Å². The van der Waals surface area contributed by atoms with Crippen molar-refractivity contribution in [2.45, 2.75) is 33.2 Å². The Hall–Kier alpha value is -1.61. The number of benzene rings is 1. The zero-order valence-electron chi connectivity index (χ0n) is 12.5. The third-order valence-electron chi connectivity index (χ3n) is 3.62. The molecule has 0 amide bonds. The van der Waals surface area contributed by atoms with Crippen molar-refractivity contribution in [1.29, 1.82) is 0 Å². The van der Waals surface area contributed by atoms with Crippen molar-refractivity contribution in [3.05, 3.63) is 41.2 Å². The number of nitrogens with one attached hydrogen (secondary N) is 1. The maximum Gasteiger partial charge on any atom is 0.0843 e. The van der Waals surface area contributed by atoms with Crippen molar-refractivity contribution in [2.75, 3.05) is 7.05 Å². The molecule has 0 saturated carbocycles. The van der Waals surface area contributed by atoms with Crippen LogP contribution < -0.4 is 5.32 Å². The first-order valence-electron chi connectivity index (χ1n) is 6.82. The maximum absolute atomic E-state index is 4.59. The SMILES string of the molecule is CNCc1nn(C)c(C)c1-c1ccc(C(C)C)cc1. The summed E-state index contributed by atoms with van der Waals surface area (Å²) in [6, 6.07) is 8.85. The molecule has 0 radical (unpaired) electrons. The van der Waals surface area contributed by atoms with Gasteiger partial charge in [0.15, 0.2) is 0 Å². The van der Waals surface area contributed by atoms with Crippen LogP contribution in [0.5, 0.6) is 0 Å². The largest absolute Gasteiger partial charge is 0.314 e. The fraction of sp³-hybridized carbons (Fsp3) is 0.438. The van der Waals surface area contributed by atoms with Crippen LogP contribution in [0.4, 0.5) is 0 Å². The third-order valence-corrected chi connectivity index (χ3v) is 3.62. The summed E-state index contributed by atoms with van der Waals surface area (Å²) in [4.78, 5) is 0. The quantitative estimate of drug-likeness (QED) is 0.911. The second kappa shape index (κ2) is 5.57. The first kappa shape index (κ1) is 13.8. The van der Waals surface area contributed by atoms with E-state index in [9.17, 15) is 0 Å². The van der Waals surface area contributed by atoms with Crippen molar-refractivity contribution in [3.63, 3.8) is 0 Å². The van der Waals surface area contributed by atoms with Crippen molar-refractivity contribution >= 4 is 0 Å². The number of aromatic nitrogens is 2. The van der Waals surface area contributed by atoms with Crippen LogP contribution in [0.25, 0.3) is 11.1 Å². The van der Waals surface area contributed by atoms with Crippen molar-refractivity contribution in [3.8, 4) is 11.1 Å². The van der Waals surface area contributed by atoms with Crippen LogP contribution in [0, 0.1) is 6.92 Å². The van der Waals surface area contributed by atoms with Gasteiger partial charge in [-0.2, -0.15) is 5.10 Å². The average Bonchev–Trinajstić information content (AvgIpc) is 2.66. The number of aryl methyl sites for hydroxylation is 1. The highest BCUT2D eigenvalue weighted by Gasteiger charge is 2.14. The first-order chi connectivity index (χ1) is 9.04. The molecular weight excluding hydrogens is 234 g/mol. The molecule has 0 unspecified atom stereocenters. The smallest absolute Gasteiger partial charge is 0.0843 e. The maximum atomic E-state index is 4.59. The van der Waals surface area contributed by atoms with Crippen molar-refractivity contribution in [1.82, 2.24) is 15.1 Å². The molecule has 0 aliphatic carbocycles. The molecule has 3 nitrogen and oxygen atoms in total. The highest BCUT2D eigenvalue weighted by atomic mass is 15.3. The number of rotatable bonds is 4. The molecular formula is C16H23N3. The highest BCUT2D eigenvalue weighted by Crippen LogP contribution is 2.28. The minimum Gasteiger partial charge on any atom is -0.314 e. The van der Waals surface area contributed by atoms with Gasteiger partial charge in [0, 0.05) is 24.8 Å². The van der Waals surface area contributed by atoms with Gasteiger partial charge < -0.3 is 5.32 Å². The van der Waals surface area contributed by atoms with E-state index in [1.165, 1.54) is 22.4 Å². The van der Waals surface area contributed by atoms with Crippen molar-refractivity contribution in [2.24, 2.45) is 7.05 Å². The monoisotopic (exact) mass is 257 g/mol. The van der Waals surface area contributed by atoms with E-state index in [2.05, 4.69) is 55.5 Å². The predicted molar refractivity (Wildman–Crippen MR) is 80.2 cm³/mol. The zero-order chi connectivity index (χ0) is 14.0. The molecule has 3 heteroatoms. The summed E-state index contributed by atoms with van der Waals surface area (Å²) in [7, 11) is 3.95. The van der Waals surface area contributed by atoms with E-state index in [0.29, 0.717) is 5.92 Å². The minimum absolute atomic E-state index is 0.570. The molecule has 2 aromatic rings. The Kier molecular flexibility index (Phi) is 4.05. The van der Waals surface area contributed by atoms with Crippen LogP contribution in [0.15, 0.2) is 24.3 Å². The van der Waals surface area contributed by atoms with E-state index in [0.717, 1.165) is 12.2 Å². The summed E-state index contributed by atoms with van der Waals surface area (Å²) < 4.78 is 1.96. The molecule has 0 fully saturated rings. The predicted octanol–water partition coefficient (Wildman–Crippen LogP) is 3.24. The summed E-state index contributed by atoms with van der Waals surface area (Å²) in [6.07, 6.45) is 0. The second-order valence-electron chi connectivity index (χ2n) is 5.34. The summed E-state index contributed by atoms with van der Waals surface area (Å²) in [5.41, 5.74) is 6.20. The molecule has 19 heavy (non-hydrogen) atoms. The fourth-order valence-corrected chi connectivity index (χ4v) is 2.38. The van der Waals surface area contributed by atoms with Gasteiger partial charge in [-0.25, -0.2) is 0 Å². The molecule has 0 aliphatic heterocycles. The Bertz CT molecular complexity index is 550. The number of nitrogens with zero attached hydrogens (tertiary/aromatic N) is 2. The number of hydrogen-bond donors (Lipinski definition) is 1. The van der Waals surface area contributed by atoms with Crippen LogP contribution in [0.3, 0.4) is 0 Å². The van der Waals surface area contributed by atoms with E-state index in [4.69, 9.17) is 0 Å². The van der Waals surface area contributed by atoms with E-state index in [-0.39, 0.29) is 0 Å². The minimum atomic E-state index is 0.570. The topological polar surface area (TPSA) is 29.9 Å². The molecule has 0 saturated heterocycles. The number of hydrogen-bond acceptors (Lipinski definition) is 2. The lowest BCUT2D eigenvalue weighted by atomic mass is 9.97. The molecule has 0 aliphatic rings. The van der Waals surface area contributed by atoms with Gasteiger partial charge in [-0.1, -0.05) is 38.1 Å². The van der Waals surface area contributed by atoms with Crippen LogP contribution >= 0.6 is 0 Å². The highest BCUT2D eigenvalue weighted by molar-refractivity contribution is 5.69. The molecule has 1 heterocycles. The third kappa shape index (κ3) is 2.71. The fourth-order valence-electron chi connectivity index (χ4n) is 2.38. The summed E-state index contributed by atoms with van der Waals surface area (Å²) in [5.74, 6) is 0.570. The lowest BCUT2D eigenvalue weighted by Gasteiger charge is -2.08. The normalized spacial score (nSPS) is 11.3. The Balaban J connectivity index is 2.45. The Morgan fingerprint density at radius 1 is 1.21 bits per heavy atom. The average molecular weight is 257 g/mol. The van der Waals surface area contributed by atoms with Gasteiger partial charge in [-0.15, -0.1) is 0 Å². The van der Waals surface area contributed by atoms with Crippen LogP contribution in [0.2, 0.25) is 0 Å². The summed E-state index contributed by atoms with van der Waals surface area (Å²) >= 11 is 0. The Labute approximate surface area is 115 Å². The molecule has 1 aromatic carbocycles. The molecule has 2 rings (SSSR count).